The van der Waals surface area contributed by atoms with E-state index < -0.39 is 0 Å². The molecule has 0 bridgehead atoms. The average Bonchev–Trinajstić information content (AvgIpc) is 2.56. The highest BCUT2D eigenvalue weighted by Crippen LogP contribution is 2.16. The van der Waals surface area contributed by atoms with Gasteiger partial charge in [0.1, 0.15) is 0 Å². The number of benzene rings is 1. The van der Waals surface area contributed by atoms with Gasteiger partial charge in [0, 0.05) is 43.4 Å². The number of morpholine rings is 2. The van der Waals surface area contributed by atoms with Crippen molar-refractivity contribution in [1.29, 1.82) is 0 Å². The van der Waals surface area contributed by atoms with E-state index >= 15 is 0 Å². The van der Waals surface area contributed by atoms with Gasteiger partial charge in [0.2, 0.25) is 0 Å². The van der Waals surface area contributed by atoms with E-state index in [1.54, 1.807) is 17.0 Å². The second-order valence-electron chi connectivity index (χ2n) is 5.79. The SMILES string of the molecule is O=C(Nc1cccc(Cl)c1)N1CCO[C@@H](CN2CCOCC2)C1. The number of rotatable bonds is 3. The number of ether oxygens (including phenoxy) is 2. The maximum atomic E-state index is 12.4. The number of nitrogens with one attached hydrogen (secondary N) is 1. The highest BCUT2D eigenvalue weighted by molar-refractivity contribution is 6.30. The van der Waals surface area contributed by atoms with Crippen molar-refractivity contribution in [2.24, 2.45) is 0 Å². The summed E-state index contributed by atoms with van der Waals surface area (Å²) in [6, 6.07) is 7.06. The van der Waals surface area contributed by atoms with E-state index in [9.17, 15) is 4.79 Å². The Hall–Kier alpha value is -1.34. The summed E-state index contributed by atoms with van der Waals surface area (Å²) in [5, 5.41) is 3.50. The summed E-state index contributed by atoms with van der Waals surface area (Å²) in [5.74, 6) is 0. The molecule has 7 heteroatoms. The van der Waals surface area contributed by atoms with Crippen molar-refractivity contribution >= 4 is 23.3 Å². The first-order valence-corrected chi connectivity index (χ1v) is 8.32. The van der Waals surface area contributed by atoms with E-state index in [0.29, 0.717) is 30.4 Å². The van der Waals surface area contributed by atoms with Crippen LogP contribution in [0.2, 0.25) is 5.02 Å². The smallest absolute Gasteiger partial charge is 0.322 e. The van der Waals surface area contributed by atoms with Crippen LogP contribution < -0.4 is 5.32 Å². The topological polar surface area (TPSA) is 54.0 Å². The van der Waals surface area contributed by atoms with E-state index in [2.05, 4.69) is 10.2 Å². The van der Waals surface area contributed by atoms with Crippen molar-refractivity contribution < 1.29 is 14.3 Å². The Morgan fingerprint density at radius 3 is 2.87 bits per heavy atom. The zero-order chi connectivity index (χ0) is 16.1. The Kier molecular flexibility index (Phi) is 5.72. The van der Waals surface area contributed by atoms with Gasteiger partial charge in [0.15, 0.2) is 0 Å². The first-order valence-electron chi connectivity index (χ1n) is 7.94. The number of halogens is 1. The number of urea groups is 1. The minimum absolute atomic E-state index is 0.0481. The predicted octanol–water partition coefficient (Wildman–Crippen LogP) is 1.90. The average molecular weight is 340 g/mol. The van der Waals surface area contributed by atoms with E-state index in [-0.39, 0.29) is 12.1 Å². The summed E-state index contributed by atoms with van der Waals surface area (Å²) in [6.07, 6.45) is 0.0481. The quantitative estimate of drug-likeness (QED) is 0.914. The Labute approximate surface area is 141 Å². The van der Waals surface area contributed by atoms with E-state index in [4.69, 9.17) is 21.1 Å². The van der Waals surface area contributed by atoms with E-state index in [1.807, 2.05) is 12.1 Å². The molecule has 1 N–H and O–H groups in total. The van der Waals surface area contributed by atoms with Gasteiger partial charge in [-0.15, -0.1) is 0 Å². The molecule has 2 fully saturated rings. The molecule has 0 aromatic heterocycles. The first kappa shape index (κ1) is 16.5. The van der Waals surface area contributed by atoms with Crippen LogP contribution in [0.5, 0.6) is 0 Å². The summed E-state index contributed by atoms with van der Waals surface area (Å²) in [6.45, 7) is 6.00. The molecule has 1 aromatic carbocycles. The molecule has 1 atom stereocenters. The fraction of sp³-hybridized carbons (Fsp3) is 0.562. The van der Waals surface area contributed by atoms with Gasteiger partial charge in [-0.05, 0) is 18.2 Å². The van der Waals surface area contributed by atoms with Gasteiger partial charge in [-0.1, -0.05) is 17.7 Å². The number of nitrogens with zero attached hydrogens (tertiary/aromatic N) is 2. The van der Waals surface area contributed by atoms with Gasteiger partial charge in [0.05, 0.1) is 25.9 Å². The van der Waals surface area contributed by atoms with Gasteiger partial charge in [-0.2, -0.15) is 0 Å². The highest BCUT2D eigenvalue weighted by atomic mass is 35.5. The van der Waals surface area contributed by atoms with Crippen molar-refractivity contribution in [1.82, 2.24) is 9.80 Å². The normalized spacial score (nSPS) is 22.8. The van der Waals surface area contributed by atoms with Gasteiger partial charge in [0.25, 0.3) is 0 Å². The zero-order valence-electron chi connectivity index (χ0n) is 13.0. The lowest BCUT2D eigenvalue weighted by Gasteiger charge is -2.36. The number of carbonyl (C=O) groups is 1. The van der Waals surface area contributed by atoms with Crippen LogP contribution in [-0.4, -0.2) is 74.5 Å². The number of anilines is 1. The fourth-order valence-electron chi connectivity index (χ4n) is 2.85. The van der Waals surface area contributed by atoms with Gasteiger partial charge in [-0.25, -0.2) is 4.79 Å². The molecule has 0 radical (unpaired) electrons. The first-order chi connectivity index (χ1) is 11.2. The summed E-state index contributed by atoms with van der Waals surface area (Å²) in [4.78, 5) is 16.5. The Bertz CT molecular complexity index is 537. The minimum atomic E-state index is -0.109. The summed E-state index contributed by atoms with van der Waals surface area (Å²) in [7, 11) is 0. The van der Waals surface area contributed by atoms with Crippen LogP contribution in [-0.2, 0) is 9.47 Å². The Balaban J connectivity index is 1.51. The lowest BCUT2D eigenvalue weighted by atomic mass is 10.2. The largest absolute Gasteiger partial charge is 0.379 e. The van der Waals surface area contributed by atoms with Gasteiger partial charge in [-0.3, -0.25) is 4.90 Å². The third-order valence-corrected chi connectivity index (χ3v) is 4.30. The highest BCUT2D eigenvalue weighted by Gasteiger charge is 2.26. The van der Waals surface area contributed by atoms with Crippen LogP contribution in [0.15, 0.2) is 24.3 Å². The van der Waals surface area contributed by atoms with Crippen molar-refractivity contribution in [2.45, 2.75) is 6.10 Å². The number of hydrogen-bond donors (Lipinski definition) is 1. The van der Waals surface area contributed by atoms with Crippen LogP contribution in [0, 0.1) is 0 Å². The van der Waals surface area contributed by atoms with Gasteiger partial charge < -0.3 is 19.7 Å². The predicted molar refractivity (Wildman–Crippen MR) is 89.0 cm³/mol. The summed E-state index contributed by atoms with van der Waals surface area (Å²) < 4.78 is 11.2. The second kappa shape index (κ2) is 7.97. The molecule has 3 rings (SSSR count). The van der Waals surface area contributed by atoms with E-state index in [0.717, 1.165) is 32.8 Å². The maximum Gasteiger partial charge on any atom is 0.322 e. The Morgan fingerprint density at radius 2 is 2.09 bits per heavy atom. The number of amides is 2. The number of hydrogen-bond acceptors (Lipinski definition) is 4. The molecule has 1 aromatic rings. The molecular weight excluding hydrogens is 318 g/mol. The lowest BCUT2D eigenvalue weighted by molar-refractivity contribution is -0.0458. The van der Waals surface area contributed by atoms with Crippen molar-refractivity contribution in [3.63, 3.8) is 0 Å². The Morgan fingerprint density at radius 1 is 1.26 bits per heavy atom. The summed E-state index contributed by atoms with van der Waals surface area (Å²) in [5.41, 5.74) is 0.707. The van der Waals surface area contributed by atoms with Crippen LogP contribution in [0.1, 0.15) is 0 Å². The fourth-order valence-corrected chi connectivity index (χ4v) is 3.05. The molecule has 126 valence electrons. The zero-order valence-corrected chi connectivity index (χ0v) is 13.8. The van der Waals surface area contributed by atoms with E-state index in [1.165, 1.54) is 0 Å². The summed E-state index contributed by atoms with van der Waals surface area (Å²) >= 11 is 5.95. The van der Waals surface area contributed by atoms with Crippen molar-refractivity contribution in [3.8, 4) is 0 Å². The molecule has 6 nitrogen and oxygen atoms in total. The number of carbonyl (C=O) groups excluding carboxylic acids is 1. The molecule has 2 heterocycles. The molecule has 2 saturated heterocycles. The molecule has 0 spiro atoms. The lowest BCUT2D eigenvalue weighted by Crippen LogP contribution is -2.52. The molecular formula is C16H22ClN3O3. The molecule has 2 amide bonds. The third-order valence-electron chi connectivity index (χ3n) is 4.07. The molecule has 2 aliphatic rings. The molecule has 23 heavy (non-hydrogen) atoms. The third kappa shape index (κ3) is 4.81. The van der Waals surface area contributed by atoms with Crippen LogP contribution in [0.3, 0.4) is 0 Å². The molecule has 0 saturated carbocycles. The van der Waals surface area contributed by atoms with Crippen molar-refractivity contribution in [2.75, 3.05) is 57.9 Å². The molecule has 0 aliphatic carbocycles. The molecule has 2 aliphatic heterocycles. The molecule has 0 unspecified atom stereocenters. The van der Waals surface area contributed by atoms with Crippen molar-refractivity contribution in [3.05, 3.63) is 29.3 Å². The van der Waals surface area contributed by atoms with Crippen LogP contribution in [0.4, 0.5) is 10.5 Å². The second-order valence-corrected chi connectivity index (χ2v) is 6.23. The van der Waals surface area contributed by atoms with Crippen LogP contribution >= 0.6 is 11.6 Å². The minimum Gasteiger partial charge on any atom is -0.379 e. The monoisotopic (exact) mass is 339 g/mol. The standard InChI is InChI=1S/C16H22ClN3O3/c17-13-2-1-3-14(10-13)18-16(21)20-6-9-23-15(12-20)11-19-4-7-22-8-5-19/h1-3,10,15H,4-9,11-12H2,(H,18,21)/t15-/m0/s1. The maximum absolute atomic E-state index is 12.4. The van der Waals surface area contributed by atoms with Gasteiger partial charge >= 0.3 is 6.03 Å². The van der Waals surface area contributed by atoms with Crippen LogP contribution in [0.25, 0.3) is 0 Å².